The number of aromatic nitrogens is 1. The van der Waals surface area contributed by atoms with Gasteiger partial charge < -0.3 is 5.11 Å². The van der Waals surface area contributed by atoms with Gasteiger partial charge in [-0.3, -0.25) is 4.72 Å². The number of anilines is 1. The van der Waals surface area contributed by atoms with Crippen molar-refractivity contribution >= 4 is 37.8 Å². The third-order valence-electron chi connectivity index (χ3n) is 2.13. The molecule has 0 radical (unpaired) electrons. The molecule has 2 N–H and O–H groups in total. The number of aliphatic hydroxyl groups excluding tert-OH is 1. The molecular weight excluding hydrogens is 330 g/mol. The smallest absolute Gasteiger partial charge is 0.273 e. The highest BCUT2D eigenvalue weighted by molar-refractivity contribution is 7.94. The number of hydrogen-bond donors (Lipinski definition) is 2. The molecule has 2 aromatic heterocycles. The van der Waals surface area contributed by atoms with Gasteiger partial charge in [-0.25, -0.2) is 13.4 Å². The highest BCUT2D eigenvalue weighted by Crippen LogP contribution is 2.25. The van der Waals surface area contributed by atoms with E-state index in [0.717, 1.165) is 22.7 Å². The van der Waals surface area contributed by atoms with Crippen molar-refractivity contribution in [2.45, 2.75) is 10.6 Å². The first-order chi connectivity index (χ1) is 10.0. The van der Waals surface area contributed by atoms with Crippen molar-refractivity contribution in [3.8, 4) is 17.9 Å². The van der Waals surface area contributed by atoms with Gasteiger partial charge >= 0.3 is 0 Å². The van der Waals surface area contributed by atoms with E-state index in [2.05, 4.69) is 21.5 Å². The second-order valence-corrected chi connectivity index (χ2v) is 7.66. The van der Waals surface area contributed by atoms with Crippen LogP contribution >= 0.6 is 22.7 Å². The van der Waals surface area contributed by atoms with Gasteiger partial charge in [0.1, 0.15) is 15.2 Å². The van der Waals surface area contributed by atoms with E-state index < -0.39 is 10.0 Å². The molecule has 2 heterocycles. The van der Waals surface area contributed by atoms with E-state index >= 15 is 0 Å². The minimum Gasteiger partial charge on any atom is -0.395 e. The molecule has 0 spiro atoms. The Morgan fingerprint density at radius 2 is 2.14 bits per heavy atom. The molecule has 0 saturated heterocycles. The zero-order valence-corrected chi connectivity index (χ0v) is 13.0. The third-order valence-corrected chi connectivity index (χ3v) is 5.91. The summed E-state index contributed by atoms with van der Waals surface area (Å²) >= 11 is 1.99. The molecule has 0 saturated carbocycles. The Hall–Kier alpha value is -1.91. The maximum Gasteiger partial charge on any atom is 0.273 e. The van der Waals surface area contributed by atoms with Crippen LogP contribution in [0.2, 0.25) is 0 Å². The molecule has 0 atom stereocenters. The van der Waals surface area contributed by atoms with Gasteiger partial charge in [0.15, 0.2) is 5.13 Å². The van der Waals surface area contributed by atoms with Crippen LogP contribution < -0.4 is 4.72 Å². The largest absolute Gasteiger partial charge is 0.395 e. The fraction of sp³-hybridized carbons (Fsp3) is 0.167. The zero-order chi connectivity index (χ0) is 15.3. The average Bonchev–Trinajstić information content (AvgIpc) is 3.08. The summed E-state index contributed by atoms with van der Waals surface area (Å²) in [6.07, 6.45) is 1.81. The first-order valence-corrected chi connectivity index (χ1v) is 8.75. The van der Waals surface area contributed by atoms with E-state index in [-0.39, 0.29) is 15.9 Å². The van der Waals surface area contributed by atoms with Crippen molar-refractivity contribution in [3.05, 3.63) is 28.1 Å². The summed E-state index contributed by atoms with van der Waals surface area (Å²) in [5.41, 5.74) is 0. The van der Waals surface area contributed by atoms with Crippen LogP contribution in [-0.4, -0.2) is 25.1 Å². The Morgan fingerprint density at radius 1 is 1.33 bits per heavy atom. The third kappa shape index (κ3) is 4.03. The van der Waals surface area contributed by atoms with Gasteiger partial charge in [0, 0.05) is 6.42 Å². The van der Waals surface area contributed by atoms with E-state index in [1.165, 1.54) is 18.3 Å². The molecule has 0 aliphatic rings. The second kappa shape index (κ2) is 6.70. The predicted octanol–water partition coefficient (Wildman–Crippen LogP) is 1.61. The molecule has 2 aromatic rings. The van der Waals surface area contributed by atoms with Crippen LogP contribution in [0.4, 0.5) is 5.13 Å². The van der Waals surface area contributed by atoms with Gasteiger partial charge in [-0.1, -0.05) is 23.2 Å². The molecule has 2 rings (SSSR count). The number of hydrogen-bond acceptors (Lipinski definition) is 7. The van der Waals surface area contributed by atoms with Crippen LogP contribution in [-0.2, 0) is 10.0 Å². The highest BCUT2D eigenvalue weighted by atomic mass is 32.2. The van der Waals surface area contributed by atoms with E-state index in [0.29, 0.717) is 16.2 Å². The lowest BCUT2D eigenvalue weighted by molar-refractivity contribution is 0.305. The maximum absolute atomic E-state index is 12.1. The lowest BCUT2D eigenvalue weighted by Gasteiger charge is -2.00. The van der Waals surface area contributed by atoms with Crippen molar-refractivity contribution < 1.29 is 13.5 Å². The monoisotopic (exact) mass is 339 g/mol. The first kappa shape index (κ1) is 15.5. The van der Waals surface area contributed by atoms with Gasteiger partial charge in [0.25, 0.3) is 10.0 Å². The Bertz CT molecular complexity index is 834. The Morgan fingerprint density at radius 3 is 2.81 bits per heavy atom. The molecule has 0 fully saturated rings. The average molecular weight is 339 g/mol. The summed E-state index contributed by atoms with van der Waals surface area (Å²) in [7, 11) is -3.74. The minimum absolute atomic E-state index is 0.0229. The van der Waals surface area contributed by atoms with Crippen molar-refractivity contribution in [1.82, 2.24) is 4.98 Å². The SMILES string of the molecule is N#Cc1ccc(S(=O)(=O)Nc2ncc(C#CCCO)s2)s1. The maximum atomic E-state index is 12.1. The number of thiazole rings is 1. The molecule has 0 aliphatic carbocycles. The van der Waals surface area contributed by atoms with Crippen molar-refractivity contribution in [2.24, 2.45) is 0 Å². The number of nitriles is 1. The van der Waals surface area contributed by atoms with E-state index in [1.54, 1.807) is 0 Å². The van der Waals surface area contributed by atoms with Gasteiger partial charge in [-0.05, 0) is 12.1 Å². The lowest BCUT2D eigenvalue weighted by atomic mass is 10.4. The Balaban J connectivity index is 2.14. The summed E-state index contributed by atoms with van der Waals surface area (Å²) in [6, 6.07) is 4.72. The van der Waals surface area contributed by atoms with Crippen LogP contribution in [0.5, 0.6) is 0 Å². The van der Waals surface area contributed by atoms with E-state index in [9.17, 15) is 8.42 Å². The first-order valence-electron chi connectivity index (χ1n) is 5.63. The molecule has 6 nitrogen and oxygen atoms in total. The molecule has 0 aliphatic heterocycles. The molecule has 21 heavy (non-hydrogen) atoms. The Kier molecular flexibility index (Phi) is 4.94. The van der Waals surface area contributed by atoms with Crippen molar-refractivity contribution in [1.29, 1.82) is 5.26 Å². The van der Waals surface area contributed by atoms with Gasteiger partial charge in [0.05, 0.1) is 17.7 Å². The van der Waals surface area contributed by atoms with Gasteiger partial charge in [0.2, 0.25) is 0 Å². The standard InChI is InChI=1S/C12H9N3O3S3/c13-7-9-4-5-11(19-9)21(17,18)15-12-14-8-10(20-12)3-1-2-6-16/h4-5,8,16H,2,6H2,(H,14,15). The molecule has 0 bridgehead atoms. The van der Waals surface area contributed by atoms with E-state index in [1.807, 2.05) is 6.07 Å². The number of thiophene rings is 1. The summed E-state index contributed by atoms with van der Waals surface area (Å²) in [5, 5.41) is 17.5. The van der Waals surface area contributed by atoms with Crippen LogP contribution in [0.1, 0.15) is 16.2 Å². The van der Waals surface area contributed by atoms with Crippen molar-refractivity contribution in [2.75, 3.05) is 11.3 Å². The van der Waals surface area contributed by atoms with Gasteiger partial charge in [-0.2, -0.15) is 5.26 Å². The molecule has 9 heteroatoms. The number of sulfonamides is 1. The van der Waals surface area contributed by atoms with E-state index in [4.69, 9.17) is 10.4 Å². The summed E-state index contributed by atoms with van der Waals surface area (Å²) in [4.78, 5) is 4.86. The fourth-order valence-electron chi connectivity index (χ4n) is 1.27. The molecule has 0 amide bonds. The zero-order valence-electron chi connectivity index (χ0n) is 10.5. The fourth-order valence-corrected chi connectivity index (χ4v) is 4.31. The summed E-state index contributed by atoms with van der Waals surface area (Å²) in [5.74, 6) is 5.50. The summed E-state index contributed by atoms with van der Waals surface area (Å²) in [6.45, 7) is -0.0229. The quantitative estimate of drug-likeness (QED) is 0.824. The number of aliphatic hydroxyl groups is 1. The predicted molar refractivity (Wildman–Crippen MR) is 80.5 cm³/mol. The molecule has 108 valence electrons. The molecule has 0 unspecified atom stereocenters. The van der Waals surface area contributed by atoms with Gasteiger partial charge in [-0.15, -0.1) is 11.3 Å². The minimum atomic E-state index is -3.74. The van der Waals surface area contributed by atoms with Crippen molar-refractivity contribution in [3.63, 3.8) is 0 Å². The topological polar surface area (TPSA) is 103 Å². The highest BCUT2D eigenvalue weighted by Gasteiger charge is 2.18. The lowest BCUT2D eigenvalue weighted by Crippen LogP contribution is -2.10. The van der Waals surface area contributed by atoms with Crippen LogP contribution in [0.15, 0.2) is 22.5 Å². The number of nitrogens with zero attached hydrogens (tertiary/aromatic N) is 2. The van der Waals surface area contributed by atoms with Crippen LogP contribution in [0.25, 0.3) is 0 Å². The number of rotatable bonds is 4. The number of nitrogens with one attached hydrogen (secondary N) is 1. The summed E-state index contributed by atoms with van der Waals surface area (Å²) < 4.78 is 26.6. The Labute approximate surface area is 129 Å². The molecule has 0 aromatic carbocycles. The van der Waals surface area contributed by atoms with Crippen LogP contribution in [0, 0.1) is 23.2 Å². The van der Waals surface area contributed by atoms with Crippen LogP contribution in [0.3, 0.4) is 0 Å². The second-order valence-electron chi connectivity index (χ2n) is 3.64. The normalized spacial score (nSPS) is 10.5. The molecular formula is C12H9N3O3S3.